The predicted molar refractivity (Wildman–Crippen MR) is 196 cm³/mol. The lowest BCUT2D eigenvalue weighted by molar-refractivity contribution is -0.120. The lowest BCUT2D eigenvalue weighted by atomic mass is 10.1. The van der Waals surface area contributed by atoms with Gasteiger partial charge >= 0.3 is 0 Å². The van der Waals surface area contributed by atoms with Gasteiger partial charge in [-0.2, -0.15) is 34.9 Å². The van der Waals surface area contributed by atoms with Crippen molar-refractivity contribution in [3.05, 3.63) is 102 Å². The summed E-state index contributed by atoms with van der Waals surface area (Å²) in [6, 6.07) is 19.5. The number of hydrogen-bond acceptors (Lipinski definition) is 8. The van der Waals surface area contributed by atoms with Gasteiger partial charge in [-0.1, -0.05) is 56.1 Å². The van der Waals surface area contributed by atoms with Gasteiger partial charge in [0.1, 0.15) is 12.1 Å². The van der Waals surface area contributed by atoms with E-state index in [1.54, 1.807) is 36.4 Å². The molecule has 0 aliphatic carbocycles. The Morgan fingerprint density at radius 2 is 1.08 bits per heavy atom. The second kappa shape index (κ2) is 15.6. The predicted octanol–water partition coefficient (Wildman–Crippen LogP) is 5.46. The molecule has 4 aromatic rings. The average Bonchev–Trinajstić information content (AvgIpc) is 3.76. The minimum atomic E-state index is -3.71. The van der Waals surface area contributed by atoms with Crippen molar-refractivity contribution in [2.24, 2.45) is 0 Å². The van der Waals surface area contributed by atoms with Gasteiger partial charge in [-0.25, -0.2) is 0 Å². The molecule has 2 fully saturated rings. The van der Waals surface area contributed by atoms with E-state index in [0.29, 0.717) is 24.2 Å². The molecule has 2 aromatic carbocycles. The number of hydrogen-bond donors (Lipinski definition) is 4. The van der Waals surface area contributed by atoms with E-state index in [1.165, 1.54) is 36.8 Å². The number of rotatable bonds is 6. The normalized spacial score (nSPS) is 23.8. The lowest BCUT2D eigenvalue weighted by Gasteiger charge is -2.35. The van der Waals surface area contributed by atoms with E-state index >= 15 is 0 Å². The minimum absolute atomic E-state index is 0.345. The Morgan fingerprint density at radius 1 is 0.688 bits per heavy atom. The largest absolute Gasteiger partial charge is 0.325 e. The number of halogens is 2. The highest BCUT2D eigenvalue weighted by molar-refractivity contribution is 9.10. The zero-order valence-electron chi connectivity index (χ0n) is 25.5. The highest BCUT2D eigenvalue weighted by Gasteiger charge is 2.42. The van der Waals surface area contributed by atoms with Crippen molar-refractivity contribution in [1.29, 1.82) is 0 Å². The summed E-state index contributed by atoms with van der Waals surface area (Å²) in [5.41, 5.74) is 1.23. The Labute approximate surface area is 304 Å². The molecule has 6 rings (SSSR count). The molecule has 2 aromatic heterocycles. The molecule has 0 radical (unpaired) electrons. The van der Waals surface area contributed by atoms with E-state index in [1.807, 2.05) is 47.2 Å². The molecule has 4 heterocycles. The van der Waals surface area contributed by atoms with Crippen LogP contribution in [0.15, 0.2) is 92.5 Å². The van der Waals surface area contributed by atoms with Gasteiger partial charge in [0, 0.05) is 44.2 Å². The molecule has 48 heavy (non-hydrogen) atoms. The number of nitrogens with zero attached hydrogens (tertiary/aromatic N) is 2. The Bertz CT molecular complexity index is 1820. The van der Waals surface area contributed by atoms with Crippen molar-refractivity contribution < 1.29 is 26.4 Å². The maximum Gasteiger partial charge on any atom is 0.280 e. The van der Waals surface area contributed by atoms with E-state index in [-0.39, 0.29) is 11.8 Å². The average molecular weight is 861 g/mol. The summed E-state index contributed by atoms with van der Waals surface area (Å²) in [4.78, 5) is 27.1. The lowest BCUT2D eigenvalue weighted by Crippen LogP contribution is -2.55. The first kappa shape index (κ1) is 36.8. The Balaban J connectivity index is 0.000000188. The van der Waals surface area contributed by atoms with Crippen LogP contribution in [-0.2, 0) is 30.0 Å². The topological polar surface area (TPSA) is 157 Å². The summed E-state index contributed by atoms with van der Waals surface area (Å²) in [6.45, 7) is 0. The van der Waals surface area contributed by atoms with Gasteiger partial charge in [0.2, 0.25) is 11.8 Å². The minimum Gasteiger partial charge on any atom is -0.325 e. The molecule has 2 aliphatic heterocycles. The summed E-state index contributed by atoms with van der Waals surface area (Å²) >= 11 is 9.63. The molecular formula is C30H32Br2N6O6S4. The van der Waals surface area contributed by atoms with Crippen LogP contribution in [0, 0.1) is 0 Å². The fourth-order valence-corrected chi connectivity index (χ4v) is 10.2. The fourth-order valence-electron chi connectivity index (χ4n) is 5.16. The zero-order chi connectivity index (χ0) is 34.6. The number of thiophene rings is 2. The van der Waals surface area contributed by atoms with Crippen LogP contribution in [0.25, 0.3) is 0 Å². The van der Waals surface area contributed by atoms with E-state index in [2.05, 4.69) is 51.9 Å². The standard InChI is InChI=1S/2C15H16BrN3O3S2/c2*1-19-13(15(20)17-11-5-2-4-10(16)8-11)9-12(18-24(19,21)22)14-6-3-7-23-14/h2*2-8,12-13,18H,9H2,1H3,(H,17,20)/t12-,13+;/m1./s1. The second-order valence-electron chi connectivity index (χ2n) is 10.9. The number of nitrogens with one attached hydrogen (secondary N) is 4. The summed E-state index contributed by atoms with van der Waals surface area (Å²) in [5, 5.41) is 9.35. The fraction of sp³-hybridized carbons (Fsp3) is 0.267. The first-order valence-corrected chi connectivity index (χ1v) is 20.7. The molecule has 0 spiro atoms. The smallest absolute Gasteiger partial charge is 0.280 e. The van der Waals surface area contributed by atoms with E-state index < -0.39 is 44.6 Å². The van der Waals surface area contributed by atoms with Gasteiger partial charge in [-0.15, -0.1) is 22.7 Å². The van der Waals surface area contributed by atoms with Crippen LogP contribution in [0.2, 0.25) is 0 Å². The van der Waals surface area contributed by atoms with Crippen molar-refractivity contribution in [1.82, 2.24) is 18.1 Å². The van der Waals surface area contributed by atoms with Crippen LogP contribution in [0.4, 0.5) is 11.4 Å². The molecule has 256 valence electrons. The second-order valence-corrected chi connectivity index (χ2v) is 18.2. The third-order valence-corrected chi connectivity index (χ3v) is 13.8. The number of anilines is 2. The molecular weight excluding hydrogens is 828 g/mol. The van der Waals surface area contributed by atoms with Crippen LogP contribution in [0.1, 0.15) is 34.7 Å². The zero-order valence-corrected chi connectivity index (χ0v) is 32.0. The third kappa shape index (κ3) is 8.98. The maximum atomic E-state index is 12.6. The molecule has 0 bridgehead atoms. The Hall–Kier alpha value is -2.52. The molecule has 2 saturated heterocycles. The third-order valence-electron chi connectivity index (χ3n) is 7.70. The summed E-state index contributed by atoms with van der Waals surface area (Å²) in [5.74, 6) is -0.690. The first-order chi connectivity index (χ1) is 22.7. The van der Waals surface area contributed by atoms with E-state index in [4.69, 9.17) is 0 Å². The molecule has 4 N–H and O–H groups in total. The number of benzene rings is 2. The van der Waals surface area contributed by atoms with Crippen molar-refractivity contribution in [3.63, 3.8) is 0 Å². The van der Waals surface area contributed by atoms with Crippen molar-refractivity contribution in [2.45, 2.75) is 37.0 Å². The summed E-state index contributed by atoms with van der Waals surface area (Å²) < 4.78 is 58.5. The summed E-state index contributed by atoms with van der Waals surface area (Å²) in [7, 11) is -4.59. The quantitative estimate of drug-likeness (QED) is 0.202. The highest BCUT2D eigenvalue weighted by atomic mass is 79.9. The maximum absolute atomic E-state index is 12.6. The monoisotopic (exact) mass is 858 g/mol. The van der Waals surface area contributed by atoms with E-state index in [9.17, 15) is 26.4 Å². The van der Waals surface area contributed by atoms with Crippen LogP contribution in [0.3, 0.4) is 0 Å². The number of carbonyl (C=O) groups is 2. The van der Waals surface area contributed by atoms with Gasteiger partial charge in [0.15, 0.2) is 0 Å². The van der Waals surface area contributed by atoms with Gasteiger partial charge in [0.05, 0.1) is 12.1 Å². The van der Waals surface area contributed by atoms with Gasteiger partial charge in [-0.05, 0) is 72.1 Å². The molecule has 4 atom stereocenters. The molecule has 0 saturated carbocycles. The van der Waals surface area contributed by atoms with Crippen LogP contribution >= 0.6 is 54.5 Å². The van der Waals surface area contributed by atoms with E-state index in [0.717, 1.165) is 27.3 Å². The van der Waals surface area contributed by atoms with Crippen molar-refractivity contribution in [3.8, 4) is 0 Å². The van der Waals surface area contributed by atoms with Crippen LogP contribution in [0.5, 0.6) is 0 Å². The van der Waals surface area contributed by atoms with Crippen LogP contribution < -0.4 is 20.1 Å². The Morgan fingerprint density at radius 3 is 1.42 bits per heavy atom. The van der Waals surface area contributed by atoms with Gasteiger partial charge in [-0.3, -0.25) is 9.59 Å². The molecule has 2 amide bonds. The van der Waals surface area contributed by atoms with Crippen molar-refractivity contribution in [2.75, 3.05) is 24.7 Å². The SMILES string of the molecule is CN1C(C(=O)Nc2cccc(Br)c2)CC(c2cccs2)NS1(=O)=O.CN1[C@H](C(=O)Nc2cccc(Br)c2)C[C@H](c2cccs2)NS1(=O)=O. The van der Waals surface area contributed by atoms with Crippen LogP contribution in [-0.4, -0.2) is 63.4 Å². The van der Waals surface area contributed by atoms with Crippen molar-refractivity contribution >= 4 is 98.1 Å². The van der Waals surface area contributed by atoms with Gasteiger partial charge < -0.3 is 10.6 Å². The number of carbonyl (C=O) groups excluding carboxylic acids is 2. The Kier molecular flexibility index (Phi) is 11.9. The summed E-state index contributed by atoms with van der Waals surface area (Å²) in [6.07, 6.45) is 0.742. The molecule has 2 aliphatic rings. The number of likely N-dealkylation sites (N-methyl/N-ethyl adjacent to an activating group) is 2. The first-order valence-electron chi connectivity index (χ1n) is 14.4. The molecule has 12 nitrogen and oxygen atoms in total. The molecule has 18 heteroatoms. The number of amides is 2. The molecule has 2 unspecified atom stereocenters. The van der Waals surface area contributed by atoms with Gasteiger partial charge in [0.25, 0.3) is 20.4 Å². The highest BCUT2D eigenvalue weighted by Crippen LogP contribution is 2.32.